The predicted molar refractivity (Wildman–Crippen MR) is 118 cm³/mol. The predicted octanol–water partition coefficient (Wildman–Crippen LogP) is 5.72. The van der Waals surface area contributed by atoms with Crippen molar-refractivity contribution in [2.75, 3.05) is 5.32 Å². The van der Waals surface area contributed by atoms with Crippen LogP contribution in [-0.2, 0) is 4.79 Å². The highest BCUT2D eigenvalue weighted by atomic mass is 35.5. The fourth-order valence-corrected chi connectivity index (χ4v) is 5.02. The van der Waals surface area contributed by atoms with Gasteiger partial charge in [0.1, 0.15) is 10.9 Å². The summed E-state index contributed by atoms with van der Waals surface area (Å²) in [5.41, 5.74) is 3.79. The molecule has 0 aliphatic carbocycles. The molecule has 0 unspecified atom stereocenters. The number of aromatic nitrogens is 3. The van der Waals surface area contributed by atoms with E-state index >= 15 is 0 Å². The molecule has 0 bridgehead atoms. The highest BCUT2D eigenvalue weighted by Gasteiger charge is 2.22. The minimum absolute atomic E-state index is 0.0682. The number of halogens is 1. The van der Waals surface area contributed by atoms with Gasteiger partial charge in [-0.05, 0) is 55.5 Å². The molecule has 8 heteroatoms. The Balaban J connectivity index is 1.62. The number of hydrogen-bond acceptors (Lipinski definition) is 5. The first kappa shape index (κ1) is 19.2. The number of rotatable bonds is 5. The van der Waals surface area contributed by atoms with E-state index in [1.807, 2.05) is 32.9 Å². The molecule has 28 heavy (non-hydrogen) atoms. The first-order valence-electron chi connectivity index (χ1n) is 8.93. The molecule has 0 spiro atoms. The molecule has 0 saturated carbocycles. The third-order valence-corrected chi connectivity index (χ3v) is 7.21. The van der Waals surface area contributed by atoms with Crippen LogP contribution in [0.3, 0.4) is 0 Å². The van der Waals surface area contributed by atoms with E-state index < -0.39 is 0 Å². The van der Waals surface area contributed by atoms with E-state index in [1.54, 1.807) is 17.4 Å². The molecular weight excluding hydrogens is 412 g/mol. The molecular formula is C20H19ClN4OS2. The van der Waals surface area contributed by atoms with Crippen LogP contribution < -0.4 is 5.32 Å². The monoisotopic (exact) mass is 430 g/mol. The van der Waals surface area contributed by atoms with Gasteiger partial charge in [-0.2, -0.15) is 0 Å². The Kier molecular flexibility index (Phi) is 5.31. The summed E-state index contributed by atoms with van der Waals surface area (Å²) in [5, 5.41) is 14.8. The molecule has 3 heterocycles. The van der Waals surface area contributed by atoms with Gasteiger partial charge in [0.05, 0.1) is 21.0 Å². The van der Waals surface area contributed by atoms with Gasteiger partial charge in [-0.15, -0.1) is 21.5 Å². The maximum absolute atomic E-state index is 12.8. The number of thioether (sulfide) groups is 1. The molecule has 0 aliphatic heterocycles. The second-order valence-electron chi connectivity index (χ2n) is 6.56. The standard InChI is InChI=1S/C20H19ClN4OS2/c1-4-17(19(26)22-13-6-5-11(2)14(21)9-13)28-20-16-10-18-15(7-8-27-18)25(16)12(3)23-24-20/h5-10,17H,4H2,1-3H3,(H,22,26)/t17-/m0/s1. The molecule has 4 rings (SSSR count). The van der Waals surface area contributed by atoms with E-state index in [1.165, 1.54) is 16.5 Å². The van der Waals surface area contributed by atoms with Gasteiger partial charge in [-0.3, -0.25) is 9.20 Å². The van der Waals surface area contributed by atoms with Crippen LogP contribution in [-0.4, -0.2) is 25.8 Å². The van der Waals surface area contributed by atoms with Crippen molar-refractivity contribution in [2.24, 2.45) is 0 Å². The van der Waals surface area contributed by atoms with Gasteiger partial charge < -0.3 is 5.32 Å². The number of nitrogens with one attached hydrogen (secondary N) is 1. The zero-order valence-corrected chi connectivity index (χ0v) is 18.1. The summed E-state index contributed by atoms with van der Waals surface area (Å²) in [6.45, 7) is 5.87. The van der Waals surface area contributed by atoms with Crippen molar-refractivity contribution in [2.45, 2.75) is 37.5 Å². The molecule has 0 saturated heterocycles. The summed E-state index contributed by atoms with van der Waals surface area (Å²) in [5.74, 6) is 0.765. The summed E-state index contributed by atoms with van der Waals surface area (Å²) >= 11 is 9.31. The van der Waals surface area contributed by atoms with Gasteiger partial charge in [0.25, 0.3) is 0 Å². The molecule has 1 N–H and O–H groups in total. The molecule has 0 aliphatic rings. The van der Waals surface area contributed by atoms with Gasteiger partial charge in [0.15, 0.2) is 0 Å². The van der Waals surface area contributed by atoms with Gasteiger partial charge in [-0.1, -0.05) is 36.4 Å². The van der Waals surface area contributed by atoms with Crippen molar-refractivity contribution in [3.63, 3.8) is 0 Å². The average Bonchev–Trinajstić information content (AvgIpc) is 3.25. The number of benzene rings is 1. The van der Waals surface area contributed by atoms with Crippen molar-refractivity contribution in [1.29, 1.82) is 0 Å². The van der Waals surface area contributed by atoms with Crippen LogP contribution in [0.4, 0.5) is 5.69 Å². The van der Waals surface area contributed by atoms with Crippen molar-refractivity contribution in [3.05, 3.63) is 52.1 Å². The zero-order chi connectivity index (χ0) is 19.8. The largest absolute Gasteiger partial charge is 0.325 e. The van der Waals surface area contributed by atoms with E-state index in [0.717, 1.165) is 27.4 Å². The number of carbonyl (C=O) groups excluding carboxylic acids is 1. The maximum Gasteiger partial charge on any atom is 0.237 e. The first-order valence-corrected chi connectivity index (χ1v) is 11.1. The number of nitrogens with zero attached hydrogens (tertiary/aromatic N) is 3. The highest BCUT2D eigenvalue weighted by molar-refractivity contribution is 8.00. The van der Waals surface area contributed by atoms with Gasteiger partial charge in [0.2, 0.25) is 5.91 Å². The lowest BCUT2D eigenvalue weighted by molar-refractivity contribution is -0.115. The van der Waals surface area contributed by atoms with Gasteiger partial charge >= 0.3 is 0 Å². The second-order valence-corrected chi connectivity index (χ2v) is 9.10. The van der Waals surface area contributed by atoms with E-state index in [2.05, 4.69) is 37.4 Å². The summed E-state index contributed by atoms with van der Waals surface area (Å²) in [6, 6.07) is 9.74. The van der Waals surface area contributed by atoms with Crippen LogP contribution in [0.2, 0.25) is 5.02 Å². The smallest absolute Gasteiger partial charge is 0.237 e. The number of thiophene rings is 1. The van der Waals surface area contributed by atoms with Crippen molar-refractivity contribution in [1.82, 2.24) is 14.6 Å². The van der Waals surface area contributed by atoms with Crippen LogP contribution >= 0.6 is 34.7 Å². The summed E-state index contributed by atoms with van der Waals surface area (Å²) in [6.07, 6.45) is 0.673. The summed E-state index contributed by atoms with van der Waals surface area (Å²) < 4.78 is 3.29. The fraction of sp³-hybridized carbons (Fsp3) is 0.250. The molecule has 1 atom stereocenters. The topological polar surface area (TPSA) is 59.3 Å². The minimum atomic E-state index is -0.283. The molecule has 1 amide bonds. The third kappa shape index (κ3) is 3.50. The molecule has 4 aromatic rings. The second kappa shape index (κ2) is 7.73. The number of fused-ring (bicyclic) bond motifs is 3. The first-order chi connectivity index (χ1) is 13.5. The van der Waals surface area contributed by atoms with E-state index in [9.17, 15) is 4.79 Å². The van der Waals surface area contributed by atoms with Gasteiger partial charge in [-0.25, -0.2) is 0 Å². The van der Waals surface area contributed by atoms with E-state index in [-0.39, 0.29) is 11.2 Å². The number of hydrogen-bond donors (Lipinski definition) is 1. The number of carbonyl (C=O) groups is 1. The lowest BCUT2D eigenvalue weighted by Gasteiger charge is -2.15. The lowest BCUT2D eigenvalue weighted by Crippen LogP contribution is -2.24. The Bertz CT molecular complexity index is 1180. The van der Waals surface area contributed by atoms with E-state index in [4.69, 9.17) is 11.6 Å². The molecule has 144 valence electrons. The Morgan fingerprint density at radius 3 is 2.82 bits per heavy atom. The Morgan fingerprint density at radius 1 is 1.25 bits per heavy atom. The van der Waals surface area contributed by atoms with Crippen LogP contribution in [0.15, 0.2) is 40.7 Å². The van der Waals surface area contributed by atoms with Crippen LogP contribution in [0, 0.1) is 13.8 Å². The van der Waals surface area contributed by atoms with Crippen molar-refractivity contribution >= 4 is 62.0 Å². The lowest BCUT2D eigenvalue weighted by atomic mass is 10.2. The highest BCUT2D eigenvalue weighted by Crippen LogP contribution is 2.33. The number of aryl methyl sites for hydroxylation is 2. The normalized spacial score (nSPS) is 12.6. The quantitative estimate of drug-likeness (QED) is 0.411. The van der Waals surface area contributed by atoms with Crippen LogP contribution in [0.1, 0.15) is 24.7 Å². The van der Waals surface area contributed by atoms with Crippen LogP contribution in [0.25, 0.3) is 15.7 Å². The zero-order valence-electron chi connectivity index (χ0n) is 15.7. The molecule has 0 radical (unpaired) electrons. The molecule has 1 aromatic carbocycles. The Labute approximate surface area is 176 Å². The van der Waals surface area contributed by atoms with Crippen LogP contribution in [0.5, 0.6) is 0 Å². The third-order valence-electron chi connectivity index (χ3n) is 4.61. The van der Waals surface area contributed by atoms with Crippen molar-refractivity contribution in [3.8, 4) is 0 Å². The molecule has 0 fully saturated rings. The van der Waals surface area contributed by atoms with Crippen molar-refractivity contribution < 1.29 is 4.79 Å². The average molecular weight is 431 g/mol. The Hall–Kier alpha value is -2.09. The number of anilines is 1. The molecule has 5 nitrogen and oxygen atoms in total. The number of amides is 1. The van der Waals surface area contributed by atoms with Gasteiger partial charge in [0, 0.05) is 10.7 Å². The van der Waals surface area contributed by atoms with E-state index in [0.29, 0.717) is 17.1 Å². The SMILES string of the molecule is CC[C@H](Sc1nnc(C)n2c1cc1sccc12)C(=O)Nc1ccc(C)c(Cl)c1. The Morgan fingerprint density at radius 2 is 2.07 bits per heavy atom. The molecule has 3 aromatic heterocycles. The fourth-order valence-electron chi connectivity index (χ4n) is 3.08. The minimum Gasteiger partial charge on any atom is -0.325 e. The summed E-state index contributed by atoms with van der Waals surface area (Å²) in [4.78, 5) is 12.8. The maximum atomic E-state index is 12.8. The summed E-state index contributed by atoms with van der Waals surface area (Å²) in [7, 11) is 0.